The van der Waals surface area contributed by atoms with Gasteiger partial charge in [0.05, 0.1) is 5.57 Å². The molecule has 2 aromatic carbocycles. The SMILES string of the molecule is N#C/C(=C/C(=O)c1ccccc1)c1ccc(Sc2ccccc2)o1. The quantitative estimate of drug-likeness (QED) is 0.365. The Morgan fingerprint density at radius 2 is 1.62 bits per heavy atom. The number of ketones is 1. The highest BCUT2D eigenvalue weighted by atomic mass is 32.2. The number of nitrogens with zero attached hydrogens (tertiary/aromatic N) is 1. The summed E-state index contributed by atoms with van der Waals surface area (Å²) < 4.78 is 5.70. The van der Waals surface area contributed by atoms with Gasteiger partial charge in [-0.05, 0) is 24.3 Å². The number of furan rings is 1. The van der Waals surface area contributed by atoms with Gasteiger partial charge >= 0.3 is 0 Å². The summed E-state index contributed by atoms with van der Waals surface area (Å²) >= 11 is 1.46. The molecule has 4 heteroatoms. The molecule has 0 unspecified atom stereocenters. The molecule has 0 saturated carbocycles. The van der Waals surface area contributed by atoms with Crippen molar-refractivity contribution < 1.29 is 9.21 Å². The Balaban J connectivity index is 1.81. The van der Waals surface area contributed by atoms with Crippen LogP contribution in [0.3, 0.4) is 0 Å². The van der Waals surface area contributed by atoms with Crippen LogP contribution in [0.25, 0.3) is 5.57 Å². The summed E-state index contributed by atoms with van der Waals surface area (Å²) in [5.74, 6) is 0.168. The number of benzene rings is 2. The zero-order valence-corrected chi connectivity index (χ0v) is 13.5. The summed E-state index contributed by atoms with van der Waals surface area (Å²) in [4.78, 5) is 13.3. The molecule has 0 aliphatic carbocycles. The van der Waals surface area contributed by atoms with Crippen LogP contribution in [-0.2, 0) is 0 Å². The second kappa shape index (κ2) is 7.49. The molecule has 0 saturated heterocycles. The maximum absolute atomic E-state index is 12.2. The van der Waals surface area contributed by atoms with Gasteiger partial charge in [-0.2, -0.15) is 5.26 Å². The molecule has 0 bridgehead atoms. The maximum Gasteiger partial charge on any atom is 0.187 e. The summed E-state index contributed by atoms with van der Waals surface area (Å²) in [7, 11) is 0. The van der Waals surface area contributed by atoms with Gasteiger partial charge in [-0.15, -0.1) is 0 Å². The smallest absolute Gasteiger partial charge is 0.187 e. The minimum absolute atomic E-state index is 0.212. The summed E-state index contributed by atoms with van der Waals surface area (Å²) in [6, 6.07) is 24.2. The Hall–Kier alpha value is -3.03. The van der Waals surface area contributed by atoms with Crippen LogP contribution in [0.5, 0.6) is 0 Å². The lowest BCUT2D eigenvalue weighted by Crippen LogP contribution is -1.95. The Morgan fingerprint density at radius 3 is 2.29 bits per heavy atom. The second-order valence-corrected chi connectivity index (χ2v) is 6.01. The van der Waals surface area contributed by atoms with Crippen molar-refractivity contribution in [3.63, 3.8) is 0 Å². The standard InChI is InChI=1S/C20H13NO2S/c21-14-16(13-18(22)15-7-3-1-4-8-15)19-11-12-20(23-19)24-17-9-5-2-6-10-17/h1-13H/b16-13-. The highest BCUT2D eigenvalue weighted by Crippen LogP contribution is 2.30. The Kier molecular flexibility index (Phi) is 4.95. The molecule has 3 nitrogen and oxygen atoms in total. The average Bonchev–Trinajstić information content (AvgIpc) is 3.09. The molecule has 1 heterocycles. The van der Waals surface area contributed by atoms with Crippen LogP contribution in [-0.4, -0.2) is 5.78 Å². The molecule has 0 amide bonds. The van der Waals surface area contributed by atoms with Crippen molar-refractivity contribution in [2.24, 2.45) is 0 Å². The van der Waals surface area contributed by atoms with Crippen molar-refractivity contribution in [1.82, 2.24) is 0 Å². The van der Waals surface area contributed by atoms with E-state index < -0.39 is 0 Å². The van der Waals surface area contributed by atoms with Crippen LogP contribution >= 0.6 is 11.8 Å². The lowest BCUT2D eigenvalue weighted by molar-refractivity contribution is 0.104. The predicted octanol–water partition coefficient (Wildman–Crippen LogP) is 5.22. The lowest BCUT2D eigenvalue weighted by Gasteiger charge is -1.98. The molecule has 0 fully saturated rings. The largest absolute Gasteiger partial charge is 0.449 e. The number of rotatable bonds is 5. The van der Waals surface area contributed by atoms with Crippen LogP contribution in [0.4, 0.5) is 0 Å². The molecule has 0 aliphatic heterocycles. The Labute approximate surface area is 144 Å². The number of carbonyl (C=O) groups excluding carboxylic acids is 1. The summed E-state index contributed by atoms with van der Waals surface area (Å²) in [5.41, 5.74) is 0.749. The third kappa shape index (κ3) is 3.83. The van der Waals surface area contributed by atoms with Gasteiger partial charge in [-0.3, -0.25) is 4.79 Å². The monoisotopic (exact) mass is 331 g/mol. The molecule has 24 heavy (non-hydrogen) atoms. The van der Waals surface area contributed by atoms with Gasteiger partial charge in [-0.1, -0.05) is 60.3 Å². The highest BCUT2D eigenvalue weighted by Gasteiger charge is 2.11. The fourth-order valence-electron chi connectivity index (χ4n) is 2.10. The van der Waals surface area contributed by atoms with E-state index >= 15 is 0 Å². The van der Waals surface area contributed by atoms with Crippen molar-refractivity contribution >= 4 is 23.1 Å². The highest BCUT2D eigenvalue weighted by molar-refractivity contribution is 7.99. The number of carbonyl (C=O) groups is 1. The molecule has 1 aromatic heterocycles. The van der Waals surface area contributed by atoms with Crippen molar-refractivity contribution in [3.8, 4) is 6.07 Å². The first-order chi connectivity index (χ1) is 11.8. The molecular weight excluding hydrogens is 318 g/mol. The van der Waals surface area contributed by atoms with Gasteiger partial charge in [0.15, 0.2) is 10.9 Å². The van der Waals surface area contributed by atoms with E-state index in [2.05, 4.69) is 0 Å². The molecule has 116 valence electrons. The van der Waals surface area contributed by atoms with Crippen LogP contribution < -0.4 is 0 Å². The normalized spacial score (nSPS) is 11.0. The minimum Gasteiger partial charge on any atom is -0.449 e. The van der Waals surface area contributed by atoms with Gasteiger partial charge in [0.25, 0.3) is 0 Å². The Morgan fingerprint density at radius 1 is 0.958 bits per heavy atom. The van der Waals surface area contributed by atoms with Crippen LogP contribution in [0.1, 0.15) is 16.1 Å². The zero-order chi connectivity index (χ0) is 16.8. The van der Waals surface area contributed by atoms with E-state index in [9.17, 15) is 10.1 Å². The second-order valence-electron chi connectivity index (χ2n) is 4.93. The molecule has 0 atom stereocenters. The van der Waals surface area contributed by atoms with Gasteiger partial charge in [0.2, 0.25) is 0 Å². The topological polar surface area (TPSA) is 54.0 Å². The third-order valence-electron chi connectivity index (χ3n) is 3.26. The van der Waals surface area contributed by atoms with Crippen molar-refractivity contribution in [3.05, 3.63) is 90.2 Å². The number of hydrogen-bond acceptors (Lipinski definition) is 4. The maximum atomic E-state index is 12.2. The third-order valence-corrected chi connectivity index (χ3v) is 4.19. The number of hydrogen-bond donors (Lipinski definition) is 0. The van der Waals surface area contributed by atoms with Crippen molar-refractivity contribution in [2.75, 3.05) is 0 Å². The first-order valence-electron chi connectivity index (χ1n) is 7.30. The van der Waals surface area contributed by atoms with Crippen molar-refractivity contribution in [2.45, 2.75) is 9.99 Å². The van der Waals surface area contributed by atoms with Gasteiger partial charge < -0.3 is 4.42 Å². The van der Waals surface area contributed by atoms with Crippen LogP contribution in [0, 0.1) is 11.3 Å². The van der Waals surface area contributed by atoms with Gasteiger partial charge in [-0.25, -0.2) is 0 Å². The zero-order valence-electron chi connectivity index (χ0n) is 12.7. The number of nitriles is 1. The lowest BCUT2D eigenvalue weighted by atomic mass is 10.1. The molecule has 3 rings (SSSR count). The fourth-order valence-corrected chi connectivity index (χ4v) is 2.89. The van der Waals surface area contributed by atoms with Crippen molar-refractivity contribution in [1.29, 1.82) is 5.26 Å². The summed E-state index contributed by atoms with van der Waals surface area (Å²) in [6.45, 7) is 0. The minimum atomic E-state index is -0.221. The Bertz CT molecular complexity index is 906. The molecule has 0 radical (unpaired) electrons. The van der Waals surface area contributed by atoms with E-state index in [0.717, 1.165) is 4.90 Å². The van der Waals surface area contributed by atoms with E-state index in [1.807, 2.05) is 42.5 Å². The van der Waals surface area contributed by atoms with E-state index in [0.29, 0.717) is 16.4 Å². The molecular formula is C20H13NO2S. The average molecular weight is 331 g/mol. The molecule has 0 N–H and O–H groups in total. The van der Waals surface area contributed by atoms with E-state index in [1.165, 1.54) is 17.8 Å². The van der Waals surface area contributed by atoms with Crippen LogP contribution in [0.15, 0.2) is 93.3 Å². The van der Waals surface area contributed by atoms with E-state index in [1.54, 1.807) is 36.4 Å². The van der Waals surface area contributed by atoms with Gasteiger partial charge in [0.1, 0.15) is 11.8 Å². The molecule has 3 aromatic rings. The van der Waals surface area contributed by atoms with Gasteiger partial charge in [0, 0.05) is 16.5 Å². The van der Waals surface area contributed by atoms with E-state index in [-0.39, 0.29) is 11.4 Å². The van der Waals surface area contributed by atoms with E-state index in [4.69, 9.17) is 4.42 Å². The predicted molar refractivity (Wildman–Crippen MR) is 93.6 cm³/mol. The fraction of sp³-hybridized carbons (Fsp3) is 0. The summed E-state index contributed by atoms with van der Waals surface area (Å²) in [5, 5.41) is 10.0. The first-order valence-corrected chi connectivity index (χ1v) is 8.12. The number of allylic oxidation sites excluding steroid dienone is 2. The molecule has 0 aliphatic rings. The van der Waals surface area contributed by atoms with Crippen LogP contribution in [0.2, 0.25) is 0 Å². The molecule has 0 spiro atoms. The summed E-state index contributed by atoms with van der Waals surface area (Å²) in [6.07, 6.45) is 1.31. The first kappa shape index (κ1) is 15.9.